The molecule has 7 heteroatoms. The summed E-state index contributed by atoms with van der Waals surface area (Å²) in [5.74, 6) is -0.820. The van der Waals surface area contributed by atoms with E-state index in [1.807, 2.05) is 20.8 Å². The lowest BCUT2D eigenvalue weighted by molar-refractivity contribution is -0.139. The Morgan fingerprint density at radius 2 is 1.80 bits per heavy atom. The van der Waals surface area contributed by atoms with E-state index in [9.17, 15) is 14.4 Å². The molecule has 0 aromatic carbocycles. The van der Waals surface area contributed by atoms with Gasteiger partial charge < -0.3 is 21.1 Å². The molecule has 0 aromatic heterocycles. The van der Waals surface area contributed by atoms with Crippen molar-refractivity contribution in [2.24, 2.45) is 5.92 Å². The topological polar surface area (TPSA) is 108 Å². The molecule has 0 aliphatic carbocycles. The van der Waals surface area contributed by atoms with Gasteiger partial charge in [0.05, 0.1) is 0 Å². The third-order valence-electron chi connectivity index (χ3n) is 2.53. The first-order chi connectivity index (χ1) is 9.36. The maximum absolute atomic E-state index is 11.5. The van der Waals surface area contributed by atoms with Gasteiger partial charge in [0, 0.05) is 19.5 Å². The number of urea groups is 1. The standard InChI is InChI=1S/C13H25N3O4/c1-4-5-10(12(18)19)16-13(20)14-7-6-11(17)15-8-9(2)3/h9-10H,4-8H2,1-3H3,(H,15,17)(H,18,19)(H2,14,16,20). The van der Waals surface area contributed by atoms with Crippen LogP contribution in [0.25, 0.3) is 0 Å². The van der Waals surface area contributed by atoms with Crippen LogP contribution in [0.1, 0.15) is 40.0 Å². The minimum absolute atomic E-state index is 0.137. The highest BCUT2D eigenvalue weighted by Crippen LogP contribution is 1.96. The Kier molecular flexibility index (Phi) is 9.15. The molecule has 1 atom stereocenters. The predicted octanol–water partition coefficient (Wildman–Crippen LogP) is 0.701. The molecule has 1 unspecified atom stereocenters. The molecule has 0 aliphatic rings. The van der Waals surface area contributed by atoms with E-state index in [1.54, 1.807) is 0 Å². The van der Waals surface area contributed by atoms with Crippen LogP contribution in [0.5, 0.6) is 0 Å². The van der Waals surface area contributed by atoms with Crippen LogP contribution in [-0.2, 0) is 9.59 Å². The fourth-order valence-corrected chi connectivity index (χ4v) is 1.45. The number of carboxylic acid groups (broad SMARTS) is 1. The summed E-state index contributed by atoms with van der Waals surface area (Å²) < 4.78 is 0. The monoisotopic (exact) mass is 287 g/mol. The molecular formula is C13H25N3O4. The van der Waals surface area contributed by atoms with E-state index < -0.39 is 18.0 Å². The molecule has 4 N–H and O–H groups in total. The van der Waals surface area contributed by atoms with Crippen molar-refractivity contribution in [2.75, 3.05) is 13.1 Å². The summed E-state index contributed by atoms with van der Waals surface area (Å²) in [6.07, 6.45) is 1.21. The van der Waals surface area contributed by atoms with Crippen LogP contribution in [0.2, 0.25) is 0 Å². The molecule has 7 nitrogen and oxygen atoms in total. The van der Waals surface area contributed by atoms with Crippen LogP contribution in [-0.4, -0.2) is 42.1 Å². The van der Waals surface area contributed by atoms with E-state index in [0.29, 0.717) is 25.3 Å². The molecule has 0 saturated heterocycles. The molecular weight excluding hydrogens is 262 g/mol. The highest BCUT2D eigenvalue weighted by Gasteiger charge is 2.18. The van der Waals surface area contributed by atoms with Gasteiger partial charge in [-0.25, -0.2) is 9.59 Å². The van der Waals surface area contributed by atoms with Crippen molar-refractivity contribution in [3.63, 3.8) is 0 Å². The third-order valence-corrected chi connectivity index (χ3v) is 2.53. The van der Waals surface area contributed by atoms with Gasteiger partial charge in [0.25, 0.3) is 0 Å². The van der Waals surface area contributed by atoms with Crippen LogP contribution in [0.15, 0.2) is 0 Å². The highest BCUT2D eigenvalue weighted by molar-refractivity contribution is 5.83. The highest BCUT2D eigenvalue weighted by atomic mass is 16.4. The third kappa shape index (κ3) is 9.18. The van der Waals surface area contributed by atoms with E-state index in [2.05, 4.69) is 16.0 Å². The summed E-state index contributed by atoms with van der Waals surface area (Å²) in [6.45, 7) is 6.60. The number of rotatable bonds is 9. The Morgan fingerprint density at radius 3 is 2.30 bits per heavy atom. The van der Waals surface area contributed by atoms with Gasteiger partial charge >= 0.3 is 12.0 Å². The smallest absolute Gasteiger partial charge is 0.326 e. The van der Waals surface area contributed by atoms with Crippen LogP contribution in [0.3, 0.4) is 0 Å². The van der Waals surface area contributed by atoms with Crippen molar-refractivity contribution < 1.29 is 19.5 Å². The second-order valence-corrected chi connectivity index (χ2v) is 5.03. The zero-order valence-electron chi connectivity index (χ0n) is 12.4. The van der Waals surface area contributed by atoms with Crippen molar-refractivity contribution in [1.82, 2.24) is 16.0 Å². The lowest BCUT2D eigenvalue weighted by Crippen LogP contribution is -2.46. The Bertz CT molecular complexity index is 332. The van der Waals surface area contributed by atoms with Gasteiger partial charge in [-0.15, -0.1) is 0 Å². The molecule has 0 aliphatic heterocycles. The van der Waals surface area contributed by atoms with Crippen molar-refractivity contribution >= 4 is 17.9 Å². The summed E-state index contributed by atoms with van der Waals surface area (Å²) in [5.41, 5.74) is 0. The van der Waals surface area contributed by atoms with E-state index in [-0.39, 0.29) is 18.9 Å². The summed E-state index contributed by atoms with van der Waals surface area (Å²) in [6, 6.07) is -1.46. The number of nitrogens with one attached hydrogen (secondary N) is 3. The predicted molar refractivity (Wildman–Crippen MR) is 75.3 cm³/mol. The zero-order valence-corrected chi connectivity index (χ0v) is 12.4. The first kappa shape index (κ1) is 18.2. The second kappa shape index (κ2) is 10.1. The van der Waals surface area contributed by atoms with E-state index in [1.165, 1.54) is 0 Å². The van der Waals surface area contributed by atoms with Gasteiger partial charge in [-0.3, -0.25) is 4.79 Å². The average Bonchev–Trinajstić information content (AvgIpc) is 2.35. The summed E-state index contributed by atoms with van der Waals surface area (Å²) in [5, 5.41) is 16.4. The molecule has 0 fully saturated rings. The number of carbonyl (C=O) groups excluding carboxylic acids is 2. The second-order valence-electron chi connectivity index (χ2n) is 5.03. The van der Waals surface area contributed by atoms with Crippen LogP contribution in [0, 0.1) is 5.92 Å². The van der Waals surface area contributed by atoms with Crippen molar-refractivity contribution in [3.05, 3.63) is 0 Å². The number of aliphatic carboxylic acids is 1. The van der Waals surface area contributed by atoms with Crippen LogP contribution in [0.4, 0.5) is 4.79 Å². The molecule has 116 valence electrons. The molecule has 0 bridgehead atoms. The zero-order chi connectivity index (χ0) is 15.5. The average molecular weight is 287 g/mol. The minimum Gasteiger partial charge on any atom is -0.480 e. The minimum atomic E-state index is -1.06. The quantitative estimate of drug-likeness (QED) is 0.500. The Labute approximate surface area is 119 Å². The molecule has 0 spiro atoms. The first-order valence-electron chi connectivity index (χ1n) is 6.90. The molecule has 0 heterocycles. The lowest BCUT2D eigenvalue weighted by Gasteiger charge is -2.14. The van der Waals surface area contributed by atoms with Crippen molar-refractivity contribution in [1.29, 1.82) is 0 Å². The van der Waals surface area contributed by atoms with Gasteiger partial charge in [-0.05, 0) is 12.3 Å². The molecule has 0 radical (unpaired) electrons. The SMILES string of the molecule is CCCC(NC(=O)NCCC(=O)NCC(C)C)C(=O)O. The summed E-state index contributed by atoms with van der Waals surface area (Å²) in [7, 11) is 0. The van der Waals surface area contributed by atoms with Crippen LogP contribution >= 0.6 is 0 Å². The molecule has 0 saturated carbocycles. The summed E-state index contributed by atoms with van der Waals surface area (Å²) >= 11 is 0. The Hall–Kier alpha value is -1.79. The van der Waals surface area contributed by atoms with Gasteiger partial charge in [0.15, 0.2) is 0 Å². The number of carbonyl (C=O) groups is 3. The van der Waals surface area contributed by atoms with Crippen molar-refractivity contribution in [3.8, 4) is 0 Å². The first-order valence-corrected chi connectivity index (χ1v) is 6.90. The van der Waals surface area contributed by atoms with E-state index >= 15 is 0 Å². The summed E-state index contributed by atoms with van der Waals surface area (Å²) in [4.78, 5) is 33.7. The Balaban J connectivity index is 3.87. The molecule has 0 rings (SSSR count). The van der Waals surface area contributed by atoms with Gasteiger partial charge in [-0.2, -0.15) is 0 Å². The molecule has 20 heavy (non-hydrogen) atoms. The van der Waals surface area contributed by atoms with Gasteiger partial charge in [0.1, 0.15) is 6.04 Å². The number of hydrogen-bond acceptors (Lipinski definition) is 3. The molecule has 0 aromatic rings. The molecule has 3 amide bonds. The Morgan fingerprint density at radius 1 is 1.15 bits per heavy atom. The number of amides is 3. The van der Waals surface area contributed by atoms with Crippen molar-refractivity contribution in [2.45, 2.75) is 46.1 Å². The van der Waals surface area contributed by atoms with Gasteiger partial charge in [-0.1, -0.05) is 27.2 Å². The van der Waals surface area contributed by atoms with Gasteiger partial charge in [0.2, 0.25) is 5.91 Å². The lowest BCUT2D eigenvalue weighted by atomic mass is 10.2. The normalized spacial score (nSPS) is 11.8. The van der Waals surface area contributed by atoms with E-state index in [4.69, 9.17) is 5.11 Å². The fourth-order valence-electron chi connectivity index (χ4n) is 1.45. The number of hydrogen-bond donors (Lipinski definition) is 4. The van der Waals surface area contributed by atoms with E-state index in [0.717, 1.165) is 0 Å². The number of carboxylic acids is 1. The largest absolute Gasteiger partial charge is 0.480 e. The van der Waals surface area contributed by atoms with Crippen LogP contribution < -0.4 is 16.0 Å². The fraction of sp³-hybridized carbons (Fsp3) is 0.769. The maximum Gasteiger partial charge on any atom is 0.326 e. The maximum atomic E-state index is 11.5.